The molecule has 2 saturated heterocycles. The fraction of sp³-hybridized carbons (Fsp3) is 0.737. The summed E-state index contributed by atoms with van der Waals surface area (Å²) in [6.45, 7) is 4.03. The number of morpholine rings is 1. The molecule has 0 aliphatic carbocycles. The number of rotatable bonds is 4. The highest BCUT2D eigenvalue weighted by molar-refractivity contribution is 5.79. The van der Waals surface area contributed by atoms with Crippen LogP contribution in [0.3, 0.4) is 0 Å². The second-order valence-corrected chi connectivity index (χ2v) is 7.80. The van der Waals surface area contributed by atoms with Crippen LogP contribution in [0.15, 0.2) is 6.33 Å². The van der Waals surface area contributed by atoms with Gasteiger partial charge in [-0.25, -0.2) is 4.98 Å². The van der Waals surface area contributed by atoms with Gasteiger partial charge in [0.2, 0.25) is 11.8 Å². The summed E-state index contributed by atoms with van der Waals surface area (Å²) in [5, 5.41) is 3.34. The van der Waals surface area contributed by atoms with Crippen molar-refractivity contribution in [3.63, 3.8) is 0 Å². The highest BCUT2D eigenvalue weighted by Crippen LogP contribution is 2.42. The number of methoxy groups -OCH3 is 1. The molecule has 1 unspecified atom stereocenters. The Hall–Kier alpha value is -1.97. The number of nitrogens with zero attached hydrogens (tertiary/aromatic N) is 3. The molecule has 1 aromatic rings. The number of ether oxygens (including phenoxy) is 2. The summed E-state index contributed by atoms with van der Waals surface area (Å²) in [4.78, 5) is 37.1. The number of imidazole rings is 1. The Morgan fingerprint density at radius 1 is 1.32 bits per heavy atom. The van der Waals surface area contributed by atoms with Crippen molar-refractivity contribution in [2.75, 3.05) is 53.1 Å². The third-order valence-electron chi connectivity index (χ3n) is 6.19. The molecule has 9 nitrogen and oxygen atoms in total. The van der Waals surface area contributed by atoms with Crippen molar-refractivity contribution in [1.82, 2.24) is 25.1 Å². The van der Waals surface area contributed by atoms with Crippen LogP contribution in [-0.2, 0) is 31.0 Å². The number of aromatic nitrogens is 2. The lowest BCUT2D eigenvalue weighted by Gasteiger charge is -2.50. The van der Waals surface area contributed by atoms with E-state index in [1.165, 1.54) is 0 Å². The van der Waals surface area contributed by atoms with E-state index in [2.05, 4.69) is 15.3 Å². The van der Waals surface area contributed by atoms with Crippen LogP contribution in [-0.4, -0.2) is 90.7 Å². The lowest BCUT2D eigenvalue weighted by Crippen LogP contribution is -2.59. The third kappa shape index (κ3) is 3.54. The minimum atomic E-state index is -0.452. The van der Waals surface area contributed by atoms with Gasteiger partial charge in [-0.05, 0) is 12.8 Å². The highest BCUT2D eigenvalue weighted by Gasteiger charge is 2.49. The molecule has 4 heterocycles. The summed E-state index contributed by atoms with van der Waals surface area (Å²) >= 11 is 0. The molecule has 1 spiro atoms. The van der Waals surface area contributed by atoms with Crippen LogP contribution >= 0.6 is 0 Å². The lowest BCUT2D eigenvalue weighted by atomic mass is 9.78. The number of carbonyl (C=O) groups excluding carboxylic acids is 2. The normalized spacial score (nSPS) is 24.2. The average Bonchev–Trinajstić information content (AvgIpc) is 3.20. The SMILES string of the molecule is COCC(=O)N1CCc2[nH]cnc2C12CCN(C(=O)CC1COCCN1)CC2. The molecule has 0 saturated carbocycles. The van der Waals surface area contributed by atoms with Crippen molar-refractivity contribution in [1.29, 1.82) is 0 Å². The molecule has 4 rings (SSSR count). The molecule has 3 aliphatic rings. The van der Waals surface area contributed by atoms with Crippen LogP contribution < -0.4 is 5.32 Å². The molecule has 3 aliphatic heterocycles. The van der Waals surface area contributed by atoms with Crippen molar-refractivity contribution in [2.45, 2.75) is 37.3 Å². The molecule has 0 radical (unpaired) electrons. The van der Waals surface area contributed by atoms with Crippen LogP contribution in [0.2, 0.25) is 0 Å². The maximum Gasteiger partial charge on any atom is 0.249 e. The molecular weight excluding hydrogens is 362 g/mol. The summed E-state index contributed by atoms with van der Waals surface area (Å²) in [5.41, 5.74) is 1.61. The Morgan fingerprint density at radius 3 is 2.86 bits per heavy atom. The van der Waals surface area contributed by atoms with Crippen LogP contribution in [0.1, 0.15) is 30.7 Å². The Bertz CT molecular complexity index is 707. The number of nitrogens with one attached hydrogen (secondary N) is 2. The van der Waals surface area contributed by atoms with Gasteiger partial charge in [-0.3, -0.25) is 9.59 Å². The van der Waals surface area contributed by atoms with Crippen LogP contribution in [0.5, 0.6) is 0 Å². The number of hydrogen-bond donors (Lipinski definition) is 2. The molecule has 0 bridgehead atoms. The topological polar surface area (TPSA) is 99.8 Å². The molecule has 2 fully saturated rings. The number of piperidine rings is 1. The smallest absolute Gasteiger partial charge is 0.249 e. The van der Waals surface area contributed by atoms with Crippen LogP contribution in [0, 0.1) is 0 Å². The molecule has 9 heteroatoms. The van der Waals surface area contributed by atoms with Crippen molar-refractivity contribution in [2.24, 2.45) is 0 Å². The zero-order chi connectivity index (χ0) is 19.6. The first kappa shape index (κ1) is 19.4. The van der Waals surface area contributed by atoms with Gasteiger partial charge >= 0.3 is 0 Å². The van der Waals surface area contributed by atoms with Crippen molar-refractivity contribution in [3.05, 3.63) is 17.7 Å². The predicted molar refractivity (Wildman–Crippen MR) is 101 cm³/mol. The van der Waals surface area contributed by atoms with E-state index < -0.39 is 5.54 Å². The number of H-pyrrole nitrogens is 1. The van der Waals surface area contributed by atoms with Crippen molar-refractivity contribution >= 4 is 11.8 Å². The Kier molecular flexibility index (Phi) is 5.65. The Balaban J connectivity index is 1.47. The molecule has 2 amide bonds. The third-order valence-corrected chi connectivity index (χ3v) is 6.19. The average molecular weight is 391 g/mol. The van der Waals surface area contributed by atoms with E-state index >= 15 is 0 Å². The minimum Gasteiger partial charge on any atom is -0.378 e. The second-order valence-electron chi connectivity index (χ2n) is 7.80. The highest BCUT2D eigenvalue weighted by atomic mass is 16.5. The molecule has 0 aromatic carbocycles. The number of hydrogen-bond acceptors (Lipinski definition) is 6. The van der Waals surface area contributed by atoms with E-state index in [4.69, 9.17) is 9.47 Å². The number of amides is 2. The molecule has 2 N–H and O–H groups in total. The predicted octanol–water partition coefficient (Wildman–Crippen LogP) is -0.363. The standard InChI is InChI=1S/C19H29N5O4/c1-27-12-17(26)24-6-2-15-18(22-13-21-15)19(24)3-7-23(8-4-19)16(25)10-14-11-28-9-5-20-14/h13-14,20H,2-12H2,1H3,(H,21,22). The Labute approximate surface area is 164 Å². The quantitative estimate of drug-likeness (QED) is 0.727. The number of aromatic amines is 1. The zero-order valence-electron chi connectivity index (χ0n) is 16.4. The largest absolute Gasteiger partial charge is 0.378 e. The monoisotopic (exact) mass is 391 g/mol. The summed E-state index contributed by atoms with van der Waals surface area (Å²) in [6.07, 6.45) is 4.32. The Morgan fingerprint density at radius 2 is 2.14 bits per heavy atom. The van der Waals surface area contributed by atoms with E-state index in [9.17, 15) is 9.59 Å². The van der Waals surface area contributed by atoms with Crippen molar-refractivity contribution in [3.8, 4) is 0 Å². The van der Waals surface area contributed by atoms with E-state index in [1.807, 2.05) is 9.80 Å². The van der Waals surface area contributed by atoms with E-state index in [0.29, 0.717) is 52.1 Å². The van der Waals surface area contributed by atoms with Gasteiger partial charge in [0.1, 0.15) is 6.61 Å². The maximum absolute atomic E-state index is 12.8. The first-order chi connectivity index (χ1) is 13.6. The molecule has 154 valence electrons. The summed E-state index contributed by atoms with van der Waals surface area (Å²) in [6, 6.07) is 0.0875. The van der Waals surface area contributed by atoms with Crippen LogP contribution in [0.4, 0.5) is 0 Å². The van der Waals surface area contributed by atoms with Gasteiger partial charge < -0.3 is 29.6 Å². The summed E-state index contributed by atoms with van der Waals surface area (Å²) in [7, 11) is 1.54. The first-order valence-electron chi connectivity index (χ1n) is 10.0. The molecule has 1 aromatic heterocycles. The van der Waals surface area contributed by atoms with Gasteiger partial charge in [-0.15, -0.1) is 0 Å². The van der Waals surface area contributed by atoms with Gasteiger partial charge in [-0.2, -0.15) is 0 Å². The van der Waals surface area contributed by atoms with Gasteiger partial charge in [-0.1, -0.05) is 0 Å². The van der Waals surface area contributed by atoms with Gasteiger partial charge in [0.25, 0.3) is 0 Å². The fourth-order valence-electron chi connectivity index (χ4n) is 4.77. The number of fused-ring (bicyclic) bond motifs is 2. The second kappa shape index (κ2) is 8.18. The maximum atomic E-state index is 12.8. The van der Waals surface area contributed by atoms with E-state index in [-0.39, 0.29) is 24.5 Å². The number of likely N-dealkylation sites (tertiary alicyclic amines) is 1. The fourth-order valence-corrected chi connectivity index (χ4v) is 4.77. The van der Waals surface area contributed by atoms with Crippen LogP contribution in [0.25, 0.3) is 0 Å². The first-order valence-corrected chi connectivity index (χ1v) is 10.0. The molecule has 1 atom stereocenters. The van der Waals surface area contributed by atoms with E-state index in [1.54, 1.807) is 13.4 Å². The lowest BCUT2D eigenvalue weighted by molar-refractivity contribution is -0.148. The summed E-state index contributed by atoms with van der Waals surface area (Å²) in [5.74, 6) is 0.130. The summed E-state index contributed by atoms with van der Waals surface area (Å²) < 4.78 is 10.6. The minimum absolute atomic E-state index is 0.0144. The van der Waals surface area contributed by atoms with Crippen molar-refractivity contribution < 1.29 is 19.1 Å². The van der Waals surface area contributed by atoms with Gasteiger partial charge in [0.15, 0.2) is 0 Å². The van der Waals surface area contributed by atoms with Gasteiger partial charge in [0.05, 0.1) is 30.8 Å². The molecular formula is C19H29N5O4. The van der Waals surface area contributed by atoms with E-state index in [0.717, 1.165) is 24.4 Å². The van der Waals surface area contributed by atoms with Gasteiger partial charge in [0, 0.05) is 57.9 Å². The number of carbonyl (C=O) groups is 2. The molecule has 28 heavy (non-hydrogen) atoms. The zero-order valence-corrected chi connectivity index (χ0v) is 16.4.